The topological polar surface area (TPSA) is 95.9 Å². The van der Waals surface area contributed by atoms with Gasteiger partial charge >= 0.3 is 6.03 Å². The van der Waals surface area contributed by atoms with E-state index < -0.39 is 17.8 Å². The number of anilines is 1. The van der Waals surface area contributed by atoms with Crippen LogP contribution in [0.25, 0.3) is 6.08 Å². The number of phenols is 1. The molecule has 1 heterocycles. The summed E-state index contributed by atoms with van der Waals surface area (Å²) in [7, 11) is 0. The Hall–Kier alpha value is -3.13. The summed E-state index contributed by atoms with van der Waals surface area (Å²) in [5.74, 6) is -1.34. The van der Waals surface area contributed by atoms with Gasteiger partial charge in [-0.05, 0) is 55.0 Å². The van der Waals surface area contributed by atoms with Crippen LogP contribution in [-0.2, 0) is 9.59 Å². The van der Waals surface area contributed by atoms with E-state index in [2.05, 4.69) is 21.2 Å². The van der Waals surface area contributed by atoms with Crippen molar-refractivity contribution in [1.29, 1.82) is 0 Å². The molecule has 2 N–H and O–H groups in total. The summed E-state index contributed by atoms with van der Waals surface area (Å²) in [6.45, 7) is 2.11. The molecule has 0 bridgehead atoms. The molecule has 0 radical (unpaired) electrons. The highest BCUT2D eigenvalue weighted by Gasteiger charge is 2.36. The lowest BCUT2D eigenvalue weighted by Gasteiger charge is -2.26. The molecule has 0 atom stereocenters. The summed E-state index contributed by atoms with van der Waals surface area (Å²) in [5, 5.41) is 11.9. The van der Waals surface area contributed by atoms with Crippen molar-refractivity contribution >= 4 is 45.5 Å². The summed E-state index contributed by atoms with van der Waals surface area (Å²) in [6.07, 6.45) is 1.35. The highest BCUT2D eigenvalue weighted by molar-refractivity contribution is 9.10. The third-order valence-corrected chi connectivity index (χ3v) is 4.31. The Morgan fingerprint density at radius 1 is 1.15 bits per heavy atom. The van der Waals surface area contributed by atoms with Crippen LogP contribution in [0.3, 0.4) is 0 Å². The lowest BCUT2D eigenvalue weighted by Crippen LogP contribution is -2.54. The second-order valence-corrected chi connectivity index (χ2v) is 6.51. The number of nitrogens with zero attached hydrogens (tertiary/aromatic N) is 1. The Kier molecular flexibility index (Phi) is 5.27. The third kappa shape index (κ3) is 3.85. The number of urea groups is 1. The van der Waals surface area contributed by atoms with Gasteiger partial charge in [0.25, 0.3) is 11.8 Å². The molecular formula is C19H15BrN2O5. The van der Waals surface area contributed by atoms with Crippen LogP contribution in [0.4, 0.5) is 10.5 Å². The minimum atomic E-state index is -0.815. The second kappa shape index (κ2) is 7.63. The Bertz CT molecular complexity index is 953. The van der Waals surface area contributed by atoms with Gasteiger partial charge in [0.05, 0.1) is 12.3 Å². The number of benzene rings is 2. The molecular weight excluding hydrogens is 416 g/mol. The third-order valence-electron chi connectivity index (χ3n) is 3.78. The van der Waals surface area contributed by atoms with Gasteiger partial charge in [0, 0.05) is 4.47 Å². The molecule has 27 heavy (non-hydrogen) atoms. The van der Waals surface area contributed by atoms with E-state index in [-0.39, 0.29) is 17.1 Å². The fraction of sp³-hybridized carbons (Fsp3) is 0.105. The Labute approximate surface area is 163 Å². The monoisotopic (exact) mass is 430 g/mol. The van der Waals surface area contributed by atoms with Crippen molar-refractivity contribution in [3.8, 4) is 11.5 Å². The zero-order chi connectivity index (χ0) is 19.6. The zero-order valence-electron chi connectivity index (χ0n) is 14.2. The van der Waals surface area contributed by atoms with E-state index in [4.69, 9.17) is 4.74 Å². The molecule has 1 saturated heterocycles. The van der Waals surface area contributed by atoms with Crippen molar-refractivity contribution in [1.82, 2.24) is 5.32 Å². The normalized spacial score (nSPS) is 15.9. The molecule has 2 aromatic carbocycles. The average Bonchev–Trinajstić information content (AvgIpc) is 2.63. The van der Waals surface area contributed by atoms with Gasteiger partial charge in [-0.25, -0.2) is 9.69 Å². The molecule has 7 nitrogen and oxygen atoms in total. The average molecular weight is 431 g/mol. The van der Waals surface area contributed by atoms with E-state index in [9.17, 15) is 19.5 Å². The number of hydrogen-bond donors (Lipinski definition) is 2. The second-order valence-electron chi connectivity index (χ2n) is 5.59. The maximum atomic E-state index is 12.8. The molecule has 0 unspecified atom stereocenters. The van der Waals surface area contributed by atoms with Gasteiger partial charge in [-0.15, -0.1) is 0 Å². The fourth-order valence-corrected chi connectivity index (χ4v) is 2.80. The van der Waals surface area contributed by atoms with Crippen molar-refractivity contribution in [2.24, 2.45) is 0 Å². The summed E-state index contributed by atoms with van der Waals surface area (Å²) >= 11 is 3.29. The van der Waals surface area contributed by atoms with E-state index in [0.717, 1.165) is 9.37 Å². The van der Waals surface area contributed by atoms with Gasteiger partial charge in [0.15, 0.2) is 11.5 Å². The molecule has 8 heteroatoms. The van der Waals surface area contributed by atoms with Crippen LogP contribution in [0.5, 0.6) is 11.5 Å². The van der Waals surface area contributed by atoms with Crippen molar-refractivity contribution in [3.05, 3.63) is 58.1 Å². The fourth-order valence-electron chi connectivity index (χ4n) is 2.54. The number of ether oxygens (including phenoxy) is 1. The summed E-state index contributed by atoms with van der Waals surface area (Å²) in [5.41, 5.74) is 0.602. The summed E-state index contributed by atoms with van der Waals surface area (Å²) in [6, 6.07) is 10.2. The van der Waals surface area contributed by atoms with Gasteiger partial charge in [-0.1, -0.05) is 22.0 Å². The maximum absolute atomic E-state index is 12.8. The lowest BCUT2D eigenvalue weighted by atomic mass is 10.1. The number of barbiturate groups is 1. The minimum Gasteiger partial charge on any atom is -0.504 e. The Morgan fingerprint density at radius 3 is 2.52 bits per heavy atom. The maximum Gasteiger partial charge on any atom is 0.335 e. The van der Waals surface area contributed by atoms with Gasteiger partial charge in [0.2, 0.25) is 0 Å². The van der Waals surface area contributed by atoms with E-state index in [0.29, 0.717) is 17.9 Å². The number of amides is 4. The van der Waals surface area contributed by atoms with Crippen LogP contribution in [0.2, 0.25) is 0 Å². The van der Waals surface area contributed by atoms with Gasteiger partial charge < -0.3 is 9.84 Å². The Balaban J connectivity index is 1.99. The van der Waals surface area contributed by atoms with Crippen molar-refractivity contribution < 1.29 is 24.2 Å². The van der Waals surface area contributed by atoms with Crippen LogP contribution >= 0.6 is 15.9 Å². The van der Waals surface area contributed by atoms with E-state index in [1.807, 2.05) is 0 Å². The summed E-state index contributed by atoms with van der Waals surface area (Å²) < 4.78 is 6.09. The molecule has 0 spiro atoms. The predicted octanol–water partition coefficient (Wildman–Crippen LogP) is 3.22. The molecule has 1 fully saturated rings. The summed E-state index contributed by atoms with van der Waals surface area (Å²) in [4.78, 5) is 38.0. The predicted molar refractivity (Wildman–Crippen MR) is 102 cm³/mol. The number of nitrogens with one attached hydrogen (secondary N) is 1. The van der Waals surface area contributed by atoms with E-state index in [1.165, 1.54) is 24.3 Å². The first-order valence-electron chi connectivity index (χ1n) is 8.03. The SMILES string of the molecule is CCOc1cc(/C=C2\C(=O)NC(=O)N(c3ccc(Br)cc3)C2=O)ccc1O. The zero-order valence-corrected chi connectivity index (χ0v) is 15.8. The number of rotatable bonds is 4. The number of phenolic OH excluding ortho intramolecular Hbond substituents is 1. The number of hydrogen-bond acceptors (Lipinski definition) is 5. The molecule has 0 aromatic heterocycles. The number of halogens is 1. The lowest BCUT2D eigenvalue weighted by molar-refractivity contribution is -0.122. The van der Waals surface area contributed by atoms with Crippen molar-refractivity contribution in [2.45, 2.75) is 6.92 Å². The number of carbonyl (C=O) groups is 3. The molecule has 0 saturated carbocycles. The van der Waals surface area contributed by atoms with Crippen molar-refractivity contribution in [3.63, 3.8) is 0 Å². The molecule has 0 aliphatic carbocycles. The molecule has 1 aliphatic heterocycles. The van der Waals surface area contributed by atoms with Crippen molar-refractivity contribution in [2.75, 3.05) is 11.5 Å². The quantitative estimate of drug-likeness (QED) is 0.573. The Morgan fingerprint density at radius 2 is 1.85 bits per heavy atom. The van der Waals surface area contributed by atoms with Gasteiger partial charge in [-0.2, -0.15) is 0 Å². The van der Waals surface area contributed by atoms with Crippen LogP contribution in [0, 0.1) is 0 Å². The van der Waals surface area contributed by atoms with Crippen LogP contribution < -0.4 is 15.0 Å². The van der Waals surface area contributed by atoms with Crippen LogP contribution in [0.15, 0.2) is 52.5 Å². The van der Waals surface area contributed by atoms with Crippen LogP contribution in [0.1, 0.15) is 12.5 Å². The molecule has 138 valence electrons. The smallest absolute Gasteiger partial charge is 0.335 e. The first-order chi connectivity index (χ1) is 12.9. The number of aromatic hydroxyl groups is 1. The first-order valence-corrected chi connectivity index (χ1v) is 8.83. The van der Waals surface area contributed by atoms with Gasteiger partial charge in [-0.3, -0.25) is 14.9 Å². The molecule has 1 aliphatic rings. The molecule has 3 rings (SSSR count). The largest absolute Gasteiger partial charge is 0.504 e. The van der Waals surface area contributed by atoms with Gasteiger partial charge in [0.1, 0.15) is 5.57 Å². The standard InChI is InChI=1S/C19H15BrN2O5/c1-2-27-16-10-11(3-8-15(16)23)9-14-17(24)21-19(26)22(18(14)25)13-6-4-12(20)5-7-13/h3-10,23H,2H2,1H3,(H,21,24,26)/b14-9+. The van der Waals surface area contributed by atoms with E-state index in [1.54, 1.807) is 31.2 Å². The molecule has 2 aromatic rings. The highest BCUT2D eigenvalue weighted by Crippen LogP contribution is 2.29. The number of imide groups is 2. The number of carbonyl (C=O) groups excluding carboxylic acids is 3. The molecule has 4 amide bonds. The van der Waals surface area contributed by atoms with E-state index >= 15 is 0 Å². The first kappa shape index (κ1) is 18.7. The highest BCUT2D eigenvalue weighted by atomic mass is 79.9. The minimum absolute atomic E-state index is 0.0508. The van der Waals surface area contributed by atoms with Crippen LogP contribution in [-0.4, -0.2) is 29.6 Å².